The van der Waals surface area contributed by atoms with Crippen LogP contribution in [0.3, 0.4) is 0 Å². The van der Waals surface area contributed by atoms with E-state index in [1.165, 1.54) is 123 Å². The number of hydrogen-bond donors (Lipinski definition) is 0. The van der Waals surface area contributed by atoms with Gasteiger partial charge >= 0.3 is 0 Å². The summed E-state index contributed by atoms with van der Waals surface area (Å²) in [6.45, 7) is 65.0. The number of thioether (sulfide) groups is 1. The molecule has 0 aromatic heterocycles. The van der Waals surface area contributed by atoms with Gasteiger partial charge in [0.1, 0.15) is 0 Å². The van der Waals surface area contributed by atoms with E-state index >= 15 is 0 Å². The Morgan fingerprint density at radius 2 is 0.775 bits per heavy atom. The van der Waals surface area contributed by atoms with Gasteiger partial charge in [-0.15, -0.1) is 11.6 Å². The first kappa shape index (κ1) is 132. The number of nitriles is 1. The molecule has 14 rings (SSSR count). The highest BCUT2D eigenvalue weighted by molar-refractivity contribution is 7.99. The van der Waals surface area contributed by atoms with E-state index in [2.05, 4.69) is 101 Å². The first-order chi connectivity index (χ1) is 66.5. The number of likely N-dealkylation sites (tertiary alicyclic amines) is 13. The van der Waals surface area contributed by atoms with Crippen molar-refractivity contribution in [2.45, 2.75) is 134 Å². The summed E-state index contributed by atoms with van der Waals surface area (Å²) < 4.78 is 157. The van der Waals surface area contributed by atoms with Gasteiger partial charge in [-0.05, 0) is 82.2 Å². The van der Waals surface area contributed by atoms with Crippen LogP contribution < -0.4 is 0 Å². The minimum atomic E-state index is -2.44. The van der Waals surface area contributed by atoms with Crippen molar-refractivity contribution in [1.82, 2.24) is 63.7 Å². The Balaban J connectivity index is 0.000000506. The van der Waals surface area contributed by atoms with Crippen molar-refractivity contribution in [3.63, 3.8) is 0 Å². The lowest BCUT2D eigenvalue weighted by Gasteiger charge is -2.43. The van der Waals surface area contributed by atoms with Crippen LogP contribution in [0.4, 0.5) is 30.7 Å². The van der Waals surface area contributed by atoms with Crippen molar-refractivity contribution in [3.05, 3.63) is 11.4 Å². The molecule has 1 atom stereocenters. The fourth-order valence-electron chi connectivity index (χ4n) is 17.0. The lowest BCUT2D eigenvalue weighted by atomic mass is 9.90. The van der Waals surface area contributed by atoms with Crippen LogP contribution in [0.1, 0.15) is 98.8 Å². The van der Waals surface area contributed by atoms with Crippen LogP contribution in [-0.2, 0) is 67.6 Å². The van der Waals surface area contributed by atoms with E-state index in [1.807, 2.05) is 27.8 Å². The number of hydrogen-bond acceptors (Lipinski definition) is 28. The highest BCUT2D eigenvalue weighted by Gasteiger charge is 2.55. The van der Waals surface area contributed by atoms with Crippen molar-refractivity contribution in [3.8, 4) is 6.07 Å². The maximum Gasteiger partial charge on any atom is 0.272 e. The molecule has 0 radical (unpaired) electrons. The number of nitrogens with zero attached hydrogens (tertiary/aromatic N) is 15. The predicted molar refractivity (Wildman–Crippen MR) is 549 cm³/mol. The standard InChI is InChI=1S/C10H17F2NO.C9H19NO.C8H16FN.C8H14N2O.C8H17NO2.C8H17NOS.C8H17NS.C7H14ClNO.C7H13F2NO.C7H12N2O.C7H15NO2.C7H15NO.C6H11F2NO/c1-14-5-4-13-6-9(7-13)10(11,12)8-2-3-8;1-3-4-9-7-10(8-9)5-6-11-2;1-2-3-4-10-6-8(5-9)7-10;1-9-5-8-6-10(7-8)3-4-11-2;1-10-4-3-9-5-8(6-9)7-11-2;1-3-4-5-9-6-8(7-9)11(2)10;1-3-4-5-9-6-8(7-9)10-2;1-10-3-2-9-5-7(4-8)6-9;1-11-3-2-10-4-6(5-10)7(8)9;1-10-3-2-9-5-7(4-8)6-9;1-9-4-3-8-5-7(6-8)10-2;1-7-5-8(6-7)3-4-9-2;1-10-3-2-9-4-6(7,8)5-9/h8-9H,2-7H2,1H3;9H,3-8H2,1-2H3;8H,2-7H2,1H3;8H,3-7H2,2H3;2*8H,3-7H2,1-2H3;8H,3-7H2,1-2H3;7H,2-6H2,1H3;6-7H,2-5H2,1H3;7H,2-3,5-6H2,1H3;7H,3-6H2,1-2H3;7H,3-6H2,1-2H3;2-5H2,1H3. The average Bonchev–Trinajstić information content (AvgIpc) is 1.61. The molecule has 0 bridgehead atoms. The smallest absolute Gasteiger partial charge is 0.272 e. The third kappa shape index (κ3) is 60.7. The summed E-state index contributed by atoms with van der Waals surface area (Å²) in [5.74, 6) is -0.469. The normalized spacial score (nSPS) is 21.5. The molecule has 0 aromatic carbocycles. The first-order valence-electron chi connectivity index (χ1n) is 51.6. The zero-order valence-corrected chi connectivity index (χ0v) is 91.9. The van der Waals surface area contributed by atoms with Gasteiger partial charge in [0.15, 0.2) is 0 Å². The van der Waals surface area contributed by atoms with Crippen LogP contribution in [0.25, 0.3) is 4.85 Å². The lowest BCUT2D eigenvalue weighted by Crippen LogP contribution is -2.56. The molecule has 1 unspecified atom stereocenters. The Morgan fingerprint density at radius 1 is 0.442 bits per heavy atom. The molecule has 13 heterocycles. The Hall–Kier alpha value is -1.72. The molecule has 818 valence electrons. The average molecular weight is 2050 g/mol. The fourth-order valence-corrected chi connectivity index (χ4v) is 18.8. The third-order valence-electron chi connectivity index (χ3n) is 26.7. The van der Waals surface area contributed by atoms with E-state index in [0.29, 0.717) is 82.3 Å². The van der Waals surface area contributed by atoms with Gasteiger partial charge in [-0.25, -0.2) is 32.9 Å². The second kappa shape index (κ2) is 82.2. The summed E-state index contributed by atoms with van der Waals surface area (Å²) in [7, 11) is 19.9. The quantitative estimate of drug-likeness (QED) is 0.0316. The van der Waals surface area contributed by atoms with Crippen molar-refractivity contribution in [1.29, 1.82) is 5.26 Å². The Morgan fingerprint density at radius 3 is 1.09 bits per heavy atom. The number of alkyl halides is 8. The molecule has 13 aliphatic heterocycles. The zero-order valence-electron chi connectivity index (χ0n) is 89.5. The highest BCUT2D eigenvalue weighted by atomic mass is 35.5. The molecule has 38 heteroatoms. The number of rotatable bonds is 52. The number of halogens is 8. The van der Waals surface area contributed by atoms with Gasteiger partial charge in [0.2, 0.25) is 13.0 Å². The van der Waals surface area contributed by atoms with Crippen molar-refractivity contribution in [2.24, 2.45) is 59.2 Å². The molecule has 28 nitrogen and oxygen atoms in total. The number of methoxy groups -OCH3 is 12. The fraction of sp³-hybridized carbons (Fsp3) is 0.980. The second-order valence-corrected chi connectivity index (χ2v) is 42.5. The monoisotopic (exact) mass is 2050 g/mol. The van der Waals surface area contributed by atoms with E-state index in [-0.39, 0.29) is 31.6 Å². The van der Waals surface area contributed by atoms with E-state index in [1.54, 1.807) is 90.2 Å². The second-order valence-electron chi connectivity index (χ2n) is 39.4. The minimum absolute atomic E-state index is 0.101. The summed E-state index contributed by atoms with van der Waals surface area (Å²) >= 11 is 7.65. The van der Waals surface area contributed by atoms with Crippen LogP contribution in [0.5, 0.6) is 0 Å². The summed E-state index contributed by atoms with van der Waals surface area (Å²) in [5.41, 5.74) is 0. The minimum Gasteiger partial charge on any atom is -0.384 e. The van der Waals surface area contributed by atoms with Gasteiger partial charge in [-0.2, -0.15) is 17.0 Å². The first-order valence-corrected chi connectivity index (χ1v) is 55.0. The van der Waals surface area contributed by atoms with Crippen LogP contribution in [0.2, 0.25) is 0 Å². The topological polar surface area (TPSA) is 198 Å². The molecule has 0 aromatic rings. The molecule has 1 aliphatic carbocycles. The third-order valence-corrected chi connectivity index (χ3v) is 29.3. The predicted octanol–water partition coefficient (Wildman–Crippen LogP) is 10.9. The molecule has 14 fully saturated rings. The van der Waals surface area contributed by atoms with Crippen molar-refractivity contribution in [2.75, 3.05) is 445 Å². The molecule has 0 spiro atoms. The van der Waals surface area contributed by atoms with Crippen LogP contribution in [-0.4, -0.2) is 548 Å². The van der Waals surface area contributed by atoms with Crippen molar-refractivity contribution >= 4 is 34.2 Å². The summed E-state index contributed by atoms with van der Waals surface area (Å²) in [6, 6.07) is 2.23. The zero-order chi connectivity index (χ0) is 102. The van der Waals surface area contributed by atoms with Gasteiger partial charge in [0.25, 0.3) is 11.8 Å². The van der Waals surface area contributed by atoms with Crippen molar-refractivity contribution < 1.29 is 91.8 Å². The van der Waals surface area contributed by atoms with E-state index < -0.39 is 40.9 Å². The molecule has 0 N–H and O–H groups in total. The van der Waals surface area contributed by atoms with Gasteiger partial charge in [0.05, 0.1) is 122 Å². The van der Waals surface area contributed by atoms with E-state index in [9.17, 15) is 34.9 Å². The molecule has 0 amide bonds. The summed E-state index contributed by atoms with van der Waals surface area (Å²) in [4.78, 5) is 32.8. The Bertz CT molecular complexity index is 2760. The molecule has 1 saturated carbocycles. The van der Waals surface area contributed by atoms with Gasteiger partial charge < -0.3 is 96.0 Å². The molecule has 13 saturated heterocycles. The summed E-state index contributed by atoms with van der Waals surface area (Å²) in [5, 5.41) is 9.83. The Kier molecular flexibility index (Phi) is 78.8. The molecular weight excluding hydrogens is 1850 g/mol. The largest absolute Gasteiger partial charge is 0.384 e. The van der Waals surface area contributed by atoms with Gasteiger partial charge in [-0.3, -0.25) is 38.0 Å². The molecular formula is C100H197ClF7N15O13S2. The Labute approximate surface area is 845 Å². The van der Waals surface area contributed by atoms with Crippen LogP contribution >= 0.6 is 23.4 Å². The van der Waals surface area contributed by atoms with Gasteiger partial charge in [-0.1, -0.05) is 60.3 Å². The number of ether oxygens (including phenoxy) is 12. The van der Waals surface area contributed by atoms with Crippen LogP contribution in [0.15, 0.2) is 0 Å². The molecule has 138 heavy (non-hydrogen) atoms. The maximum atomic E-state index is 13.5. The maximum absolute atomic E-state index is 13.5. The van der Waals surface area contributed by atoms with Crippen LogP contribution in [0, 0.1) is 77.1 Å². The van der Waals surface area contributed by atoms with E-state index in [0.717, 1.165) is 238 Å². The van der Waals surface area contributed by atoms with Gasteiger partial charge in [0, 0.05) is 366 Å². The highest BCUT2D eigenvalue weighted by Crippen LogP contribution is 2.50. The SMILES string of the molecule is CCCC1CN(CCOC)C1.CCCCN1CC(CF)C1.CCCCN1CC(S(C)=O)C1.CCCCN1CC(SC)C1.COCCN1CC(C#N)C1.COCCN1CC(C(F)(F)C2CC2)C1.COCCN1CC(C(F)F)C1.COCCN1CC(C)C1.COCCN1CC(CCl)C1.COCCN1CC(COC)C1.COCCN1CC(F)(F)C1.COCCN1CC(OC)C1.[C-]#[N+]CC1CN(CCOC)C1. The number of unbranched alkanes of at least 4 members (excludes halogenated alkanes) is 3. The lowest BCUT2D eigenvalue weighted by molar-refractivity contribution is -0.134. The summed E-state index contributed by atoms with van der Waals surface area (Å²) in [6.07, 6.45) is 14.3. The molecule has 14 aliphatic rings. The van der Waals surface area contributed by atoms with E-state index in [4.69, 9.17) is 80.3 Å².